The van der Waals surface area contributed by atoms with Crippen molar-refractivity contribution in [2.24, 2.45) is 16.7 Å². The van der Waals surface area contributed by atoms with Gasteiger partial charge in [-0.1, -0.05) is 44.2 Å². The van der Waals surface area contributed by atoms with Crippen LogP contribution in [0.25, 0.3) is 0 Å². The number of carbonyl (C=O) groups is 1. The molecule has 2 aliphatic rings. The number of benzene rings is 2. The lowest BCUT2D eigenvalue weighted by Gasteiger charge is -2.16. The highest BCUT2D eigenvalue weighted by Gasteiger charge is 2.81. The van der Waals surface area contributed by atoms with Gasteiger partial charge < -0.3 is 15.2 Å². The molecule has 142 valence electrons. The third-order valence-corrected chi connectivity index (χ3v) is 6.67. The number of carboxylic acid groups (broad SMARTS) is 1. The Kier molecular flexibility index (Phi) is 3.90. The van der Waals surface area contributed by atoms with E-state index in [2.05, 4.69) is 33.0 Å². The van der Waals surface area contributed by atoms with Crippen LogP contribution in [0, 0.1) is 16.7 Å². The first-order valence-electron chi connectivity index (χ1n) is 9.51. The van der Waals surface area contributed by atoms with Gasteiger partial charge in [0.25, 0.3) is 0 Å². The number of nitrogens with one attached hydrogen (secondary N) is 1. The van der Waals surface area contributed by atoms with Gasteiger partial charge >= 0.3 is 5.97 Å². The summed E-state index contributed by atoms with van der Waals surface area (Å²) in [4.78, 5) is 12.4. The Hall–Kier alpha value is -2.33. The molecule has 1 aliphatic heterocycles. The number of ether oxygens (including phenoxy) is 1. The van der Waals surface area contributed by atoms with Gasteiger partial charge in [-0.15, -0.1) is 0 Å². The van der Waals surface area contributed by atoms with Crippen LogP contribution in [0.15, 0.2) is 54.6 Å². The molecule has 4 rings (SSSR count). The molecule has 3 atom stereocenters. The van der Waals surface area contributed by atoms with Gasteiger partial charge in [-0.05, 0) is 61.4 Å². The van der Waals surface area contributed by atoms with Crippen LogP contribution in [0.4, 0.5) is 0 Å². The summed E-state index contributed by atoms with van der Waals surface area (Å²) in [7, 11) is 0. The second-order valence-electron chi connectivity index (χ2n) is 9.06. The molecule has 1 saturated carbocycles. The number of aliphatic carboxylic acids is 1. The van der Waals surface area contributed by atoms with E-state index in [1.165, 1.54) is 0 Å². The van der Waals surface area contributed by atoms with Crippen molar-refractivity contribution in [1.82, 2.24) is 5.32 Å². The SMILES string of the molecule is CC1(C)N[C@H]1[C@H]1C(C)(C)[C@]1(Cc1cccc(Oc2ccccc2)c1)C(=O)O. The molecule has 2 aromatic rings. The Morgan fingerprint density at radius 2 is 1.67 bits per heavy atom. The van der Waals surface area contributed by atoms with Gasteiger partial charge in [0.2, 0.25) is 0 Å². The Balaban J connectivity index is 1.59. The molecule has 0 aromatic heterocycles. The predicted octanol–water partition coefficient (Wildman–Crippen LogP) is 4.50. The highest BCUT2D eigenvalue weighted by Crippen LogP contribution is 2.74. The van der Waals surface area contributed by atoms with Crippen LogP contribution in [0.1, 0.15) is 33.3 Å². The van der Waals surface area contributed by atoms with Crippen LogP contribution in [0.2, 0.25) is 0 Å². The number of hydrogen-bond donors (Lipinski definition) is 2. The first kappa shape index (κ1) is 18.1. The van der Waals surface area contributed by atoms with Crippen molar-refractivity contribution in [2.75, 3.05) is 0 Å². The standard InChI is InChI=1S/C23H27NO3/c1-21(2)18(19-22(3,4)24-19)23(21,20(25)26)14-15-9-8-12-17(13-15)27-16-10-6-5-7-11-16/h5-13,18-19,24H,14H2,1-4H3,(H,25,26)/t18-,19-,23-/m0/s1. The molecule has 2 fully saturated rings. The summed E-state index contributed by atoms with van der Waals surface area (Å²) < 4.78 is 5.93. The second kappa shape index (κ2) is 5.83. The Morgan fingerprint density at radius 1 is 1.04 bits per heavy atom. The third-order valence-electron chi connectivity index (χ3n) is 6.67. The molecule has 0 bridgehead atoms. The molecule has 1 saturated heterocycles. The highest BCUT2D eigenvalue weighted by atomic mass is 16.5. The lowest BCUT2D eigenvalue weighted by Crippen LogP contribution is -2.25. The molecule has 4 heteroatoms. The Morgan fingerprint density at radius 3 is 2.26 bits per heavy atom. The van der Waals surface area contributed by atoms with Crippen molar-refractivity contribution in [3.8, 4) is 11.5 Å². The molecule has 1 heterocycles. The molecule has 0 unspecified atom stereocenters. The molecular formula is C23H27NO3. The zero-order valence-corrected chi connectivity index (χ0v) is 16.3. The Bertz CT molecular complexity index is 874. The van der Waals surface area contributed by atoms with E-state index in [-0.39, 0.29) is 22.9 Å². The van der Waals surface area contributed by atoms with Crippen LogP contribution >= 0.6 is 0 Å². The number of hydrogen-bond acceptors (Lipinski definition) is 3. The molecule has 1 aliphatic carbocycles. The van der Waals surface area contributed by atoms with Crippen molar-refractivity contribution in [3.63, 3.8) is 0 Å². The summed E-state index contributed by atoms with van der Waals surface area (Å²) in [6, 6.07) is 17.7. The monoisotopic (exact) mass is 365 g/mol. The largest absolute Gasteiger partial charge is 0.481 e. The van der Waals surface area contributed by atoms with E-state index in [0.717, 1.165) is 17.1 Å². The minimum Gasteiger partial charge on any atom is -0.481 e. The number of carboxylic acids is 1. The summed E-state index contributed by atoms with van der Waals surface area (Å²) in [6.45, 7) is 8.47. The summed E-state index contributed by atoms with van der Waals surface area (Å²) >= 11 is 0. The first-order chi connectivity index (χ1) is 12.7. The number of rotatable bonds is 6. The number of para-hydroxylation sites is 1. The van der Waals surface area contributed by atoms with E-state index >= 15 is 0 Å². The zero-order chi connectivity index (χ0) is 19.4. The van der Waals surface area contributed by atoms with Gasteiger partial charge in [-0.3, -0.25) is 4.79 Å². The molecule has 0 spiro atoms. The fraction of sp³-hybridized carbons (Fsp3) is 0.435. The lowest BCUT2D eigenvalue weighted by molar-refractivity contribution is -0.145. The maximum atomic E-state index is 12.4. The van der Waals surface area contributed by atoms with Gasteiger partial charge in [0.1, 0.15) is 11.5 Å². The van der Waals surface area contributed by atoms with E-state index in [4.69, 9.17) is 4.74 Å². The molecule has 0 radical (unpaired) electrons. The van der Waals surface area contributed by atoms with E-state index in [1.807, 2.05) is 54.6 Å². The second-order valence-corrected chi connectivity index (χ2v) is 9.06. The van der Waals surface area contributed by atoms with Gasteiger partial charge in [-0.25, -0.2) is 0 Å². The van der Waals surface area contributed by atoms with Crippen molar-refractivity contribution in [3.05, 3.63) is 60.2 Å². The van der Waals surface area contributed by atoms with Crippen LogP contribution < -0.4 is 10.1 Å². The average molecular weight is 365 g/mol. The van der Waals surface area contributed by atoms with Crippen LogP contribution in [0.3, 0.4) is 0 Å². The minimum absolute atomic E-state index is 0.0252. The first-order valence-corrected chi connectivity index (χ1v) is 9.51. The maximum absolute atomic E-state index is 12.4. The normalized spacial score (nSPS) is 29.8. The fourth-order valence-electron chi connectivity index (χ4n) is 4.94. The minimum atomic E-state index is -0.746. The molecule has 27 heavy (non-hydrogen) atoms. The zero-order valence-electron chi connectivity index (χ0n) is 16.3. The summed E-state index contributed by atoms with van der Waals surface area (Å²) in [6.07, 6.45) is 0.514. The van der Waals surface area contributed by atoms with E-state index < -0.39 is 11.4 Å². The van der Waals surface area contributed by atoms with Crippen LogP contribution in [0.5, 0.6) is 11.5 Å². The van der Waals surface area contributed by atoms with Crippen molar-refractivity contribution < 1.29 is 14.6 Å². The lowest BCUT2D eigenvalue weighted by atomic mass is 9.88. The summed E-state index contributed by atoms with van der Waals surface area (Å²) in [5.41, 5.74) is 0.0294. The van der Waals surface area contributed by atoms with Gasteiger partial charge in [0, 0.05) is 11.6 Å². The predicted molar refractivity (Wildman–Crippen MR) is 105 cm³/mol. The Labute approximate surface area is 160 Å². The van der Waals surface area contributed by atoms with E-state index in [0.29, 0.717) is 6.42 Å². The van der Waals surface area contributed by atoms with Crippen LogP contribution in [-0.2, 0) is 11.2 Å². The fourth-order valence-corrected chi connectivity index (χ4v) is 4.94. The quantitative estimate of drug-likeness (QED) is 0.740. The third kappa shape index (κ3) is 2.83. The van der Waals surface area contributed by atoms with Gasteiger partial charge in [0.15, 0.2) is 0 Å². The van der Waals surface area contributed by atoms with E-state index in [1.54, 1.807) is 0 Å². The topological polar surface area (TPSA) is 68.5 Å². The smallest absolute Gasteiger partial charge is 0.310 e. The van der Waals surface area contributed by atoms with E-state index in [9.17, 15) is 9.90 Å². The van der Waals surface area contributed by atoms with Gasteiger partial charge in [-0.2, -0.15) is 0 Å². The molecule has 2 N–H and O–H groups in total. The van der Waals surface area contributed by atoms with Gasteiger partial charge in [0.05, 0.1) is 5.41 Å². The van der Waals surface area contributed by atoms with Crippen LogP contribution in [-0.4, -0.2) is 22.7 Å². The average Bonchev–Trinajstić information content (AvgIpc) is 3.37. The highest BCUT2D eigenvalue weighted by molar-refractivity contribution is 5.82. The van der Waals surface area contributed by atoms with Crippen molar-refractivity contribution in [1.29, 1.82) is 0 Å². The van der Waals surface area contributed by atoms with Crippen molar-refractivity contribution in [2.45, 2.75) is 45.7 Å². The summed E-state index contributed by atoms with van der Waals surface area (Å²) in [5.74, 6) is 0.933. The summed E-state index contributed by atoms with van der Waals surface area (Å²) in [5, 5.41) is 13.6. The molecule has 0 amide bonds. The maximum Gasteiger partial charge on any atom is 0.310 e. The molecule has 2 aromatic carbocycles. The molecule has 4 nitrogen and oxygen atoms in total. The molecular weight excluding hydrogens is 338 g/mol. The van der Waals surface area contributed by atoms with Crippen molar-refractivity contribution >= 4 is 5.97 Å².